The highest BCUT2D eigenvalue weighted by atomic mass is 32.2. The van der Waals surface area contributed by atoms with Crippen molar-refractivity contribution in [1.29, 1.82) is 0 Å². The van der Waals surface area contributed by atoms with E-state index in [2.05, 4.69) is 9.97 Å². The predicted octanol–water partition coefficient (Wildman–Crippen LogP) is 3.06. The summed E-state index contributed by atoms with van der Waals surface area (Å²) in [6.45, 7) is 0.454. The lowest BCUT2D eigenvalue weighted by Gasteiger charge is -2.27. The number of thioether (sulfide) groups is 1. The van der Waals surface area contributed by atoms with Crippen LogP contribution in [0, 0.1) is 0 Å². The highest BCUT2D eigenvalue weighted by Gasteiger charge is 2.34. The second-order valence-corrected chi connectivity index (χ2v) is 11.4. The Labute approximate surface area is 169 Å². The number of carbonyl (C=O) groups excluding carboxylic acids is 1. The molecule has 1 atom stereocenters. The minimum atomic E-state index is -3.06. The van der Waals surface area contributed by atoms with E-state index in [1.54, 1.807) is 27.6 Å². The van der Waals surface area contributed by atoms with E-state index in [1.165, 1.54) is 18.1 Å². The third kappa shape index (κ3) is 4.34. The van der Waals surface area contributed by atoms with Crippen LogP contribution in [0.4, 0.5) is 0 Å². The Morgan fingerprint density at radius 1 is 1.26 bits per heavy atom. The Morgan fingerprint density at radius 2 is 2.15 bits per heavy atom. The molecule has 0 aliphatic carbocycles. The molecule has 27 heavy (non-hydrogen) atoms. The molecular formula is C17H17N3O3S4. The minimum Gasteiger partial charge on any atom is -0.333 e. The van der Waals surface area contributed by atoms with Gasteiger partial charge in [-0.05, 0) is 29.3 Å². The van der Waals surface area contributed by atoms with Crippen molar-refractivity contribution in [3.63, 3.8) is 0 Å². The van der Waals surface area contributed by atoms with Gasteiger partial charge in [0.25, 0.3) is 0 Å². The molecule has 3 aromatic rings. The summed E-state index contributed by atoms with van der Waals surface area (Å²) >= 11 is 4.51. The van der Waals surface area contributed by atoms with Crippen molar-refractivity contribution in [3.05, 3.63) is 40.2 Å². The van der Waals surface area contributed by atoms with Crippen LogP contribution in [0.5, 0.6) is 0 Å². The molecule has 0 radical (unpaired) electrons. The van der Waals surface area contributed by atoms with Gasteiger partial charge in [0.15, 0.2) is 9.84 Å². The maximum absolute atomic E-state index is 13.0. The van der Waals surface area contributed by atoms with E-state index in [0.717, 1.165) is 20.1 Å². The van der Waals surface area contributed by atoms with Crippen LogP contribution in [0.1, 0.15) is 11.3 Å². The molecule has 1 amide bonds. The molecule has 0 saturated carbocycles. The van der Waals surface area contributed by atoms with E-state index in [1.807, 2.05) is 29.0 Å². The number of carbonyl (C=O) groups is 1. The van der Waals surface area contributed by atoms with Crippen LogP contribution >= 0.6 is 34.4 Å². The molecule has 0 bridgehead atoms. The zero-order valence-corrected chi connectivity index (χ0v) is 17.5. The standard InChI is InChI=1S/C17H17N3O3S4/c21-15(9-26-17-16-14(3-6-25-16)18-11-19-17)20(8-13-2-1-5-24-13)12-4-7-27(22,23)10-12/h1-3,5-6,11-12H,4,7-10H2/t12-/m1/s1. The summed E-state index contributed by atoms with van der Waals surface area (Å²) in [4.78, 5) is 24.3. The van der Waals surface area contributed by atoms with Gasteiger partial charge in [-0.2, -0.15) is 0 Å². The molecule has 0 spiro atoms. The van der Waals surface area contributed by atoms with E-state index < -0.39 is 9.84 Å². The number of hydrogen-bond acceptors (Lipinski definition) is 8. The Bertz CT molecular complexity index is 1050. The minimum absolute atomic E-state index is 0.0530. The van der Waals surface area contributed by atoms with E-state index in [9.17, 15) is 13.2 Å². The van der Waals surface area contributed by atoms with E-state index in [-0.39, 0.29) is 29.2 Å². The maximum Gasteiger partial charge on any atom is 0.233 e. The van der Waals surface area contributed by atoms with Crippen molar-refractivity contribution in [2.75, 3.05) is 17.3 Å². The maximum atomic E-state index is 13.0. The topological polar surface area (TPSA) is 80.2 Å². The van der Waals surface area contributed by atoms with Gasteiger partial charge in [0, 0.05) is 10.9 Å². The number of thiophene rings is 2. The fourth-order valence-electron chi connectivity index (χ4n) is 3.09. The third-order valence-electron chi connectivity index (χ3n) is 4.42. The second kappa shape index (κ2) is 7.86. The fourth-order valence-corrected chi connectivity index (χ4v) is 7.36. The van der Waals surface area contributed by atoms with Crippen molar-refractivity contribution in [2.24, 2.45) is 0 Å². The Balaban J connectivity index is 1.50. The van der Waals surface area contributed by atoms with E-state index in [4.69, 9.17) is 0 Å². The van der Waals surface area contributed by atoms with Crippen molar-refractivity contribution < 1.29 is 13.2 Å². The van der Waals surface area contributed by atoms with Crippen LogP contribution in [0.15, 0.2) is 40.3 Å². The van der Waals surface area contributed by atoms with Crippen molar-refractivity contribution in [2.45, 2.75) is 24.0 Å². The first kappa shape index (κ1) is 18.9. The monoisotopic (exact) mass is 439 g/mol. The van der Waals surface area contributed by atoms with Gasteiger partial charge in [0.05, 0.1) is 34.0 Å². The molecule has 142 valence electrons. The third-order valence-corrected chi connectivity index (χ3v) is 9.04. The lowest BCUT2D eigenvalue weighted by Crippen LogP contribution is -2.41. The molecule has 1 saturated heterocycles. The van der Waals surface area contributed by atoms with E-state index >= 15 is 0 Å². The summed E-state index contributed by atoms with van der Waals surface area (Å²) in [6.07, 6.45) is 2.02. The summed E-state index contributed by atoms with van der Waals surface area (Å²) in [5.41, 5.74) is 0.877. The average molecular weight is 440 g/mol. The van der Waals surface area contributed by atoms with Gasteiger partial charge in [-0.15, -0.1) is 22.7 Å². The van der Waals surface area contributed by atoms with Gasteiger partial charge in [-0.25, -0.2) is 18.4 Å². The van der Waals surface area contributed by atoms with Crippen molar-refractivity contribution >= 4 is 60.4 Å². The zero-order valence-electron chi connectivity index (χ0n) is 14.3. The Hall–Kier alpha value is -1.49. The average Bonchev–Trinajstić information content (AvgIpc) is 3.38. The summed E-state index contributed by atoms with van der Waals surface area (Å²) in [5.74, 6) is 0.378. The number of hydrogen-bond donors (Lipinski definition) is 0. The van der Waals surface area contributed by atoms with Crippen LogP contribution < -0.4 is 0 Å². The molecule has 1 fully saturated rings. The van der Waals surface area contributed by atoms with Gasteiger partial charge in [-0.1, -0.05) is 17.8 Å². The molecule has 3 aromatic heterocycles. The first-order valence-corrected chi connectivity index (χ1v) is 12.9. The number of rotatable bonds is 6. The van der Waals surface area contributed by atoms with Crippen LogP contribution in [-0.2, 0) is 21.2 Å². The molecule has 1 aliphatic heterocycles. The summed E-state index contributed by atoms with van der Waals surface area (Å²) in [6, 6.07) is 5.59. The van der Waals surface area contributed by atoms with Crippen molar-refractivity contribution in [1.82, 2.24) is 14.9 Å². The SMILES string of the molecule is O=C(CSc1ncnc2ccsc12)N(Cc1cccs1)[C@@H]1CCS(=O)(=O)C1. The smallest absolute Gasteiger partial charge is 0.233 e. The van der Waals surface area contributed by atoms with Gasteiger partial charge < -0.3 is 4.90 Å². The van der Waals surface area contributed by atoms with E-state index in [0.29, 0.717) is 13.0 Å². The highest BCUT2D eigenvalue weighted by molar-refractivity contribution is 8.00. The van der Waals surface area contributed by atoms with Crippen molar-refractivity contribution in [3.8, 4) is 0 Å². The first-order chi connectivity index (χ1) is 13.0. The quantitative estimate of drug-likeness (QED) is 0.434. The van der Waals surface area contributed by atoms with Crippen LogP contribution in [0.25, 0.3) is 10.2 Å². The lowest BCUT2D eigenvalue weighted by atomic mass is 10.2. The number of aromatic nitrogens is 2. The van der Waals surface area contributed by atoms with Crippen LogP contribution in [-0.4, -0.2) is 52.5 Å². The molecule has 4 heterocycles. The predicted molar refractivity (Wildman–Crippen MR) is 110 cm³/mol. The number of nitrogens with zero attached hydrogens (tertiary/aromatic N) is 3. The van der Waals surface area contributed by atoms with Crippen LogP contribution in [0.2, 0.25) is 0 Å². The number of amides is 1. The summed E-state index contributed by atoms with van der Waals surface area (Å²) in [7, 11) is -3.06. The fraction of sp³-hybridized carbons (Fsp3) is 0.353. The van der Waals surface area contributed by atoms with Gasteiger partial charge in [0.1, 0.15) is 11.4 Å². The Morgan fingerprint density at radius 3 is 2.89 bits per heavy atom. The largest absolute Gasteiger partial charge is 0.333 e. The number of fused-ring (bicyclic) bond motifs is 1. The molecule has 0 unspecified atom stereocenters. The van der Waals surface area contributed by atoms with Gasteiger partial charge in [-0.3, -0.25) is 4.79 Å². The molecule has 0 N–H and O–H groups in total. The molecule has 1 aliphatic rings. The highest BCUT2D eigenvalue weighted by Crippen LogP contribution is 2.30. The summed E-state index contributed by atoms with van der Waals surface area (Å²) in [5, 5.41) is 4.71. The van der Waals surface area contributed by atoms with Gasteiger partial charge in [0.2, 0.25) is 5.91 Å². The molecule has 10 heteroatoms. The second-order valence-electron chi connectivity index (χ2n) is 6.26. The first-order valence-electron chi connectivity index (χ1n) is 8.35. The van der Waals surface area contributed by atoms with Crippen LogP contribution in [0.3, 0.4) is 0 Å². The molecule has 6 nitrogen and oxygen atoms in total. The Kier molecular flexibility index (Phi) is 5.49. The normalized spacial score (nSPS) is 18.7. The zero-order chi connectivity index (χ0) is 18.9. The molecule has 0 aromatic carbocycles. The molecule has 4 rings (SSSR count). The lowest BCUT2D eigenvalue weighted by molar-refractivity contribution is -0.130. The number of sulfone groups is 1. The summed E-state index contributed by atoms with van der Waals surface area (Å²) < 4.78 is 24.8. The van der Waals surface area contributed by atoms with Gasteiger partial charge >= 0.3 is 0 Å². The molecular weight excluding hydrogens is 422 g/mol.